The number of ether oxygens (including phenoxy) is 4. The van der Waals surface area contributed by atoms with Gasteiger partial charge in [0, 0.05) is 12.8 Å². The van der Waals surface area contributed by atoms with E-state index in [1.807, 2.05) is 21.1 Å². The molecule has 0 aliphatic carbocycles. The molecule has 2 atom stereocenters. The molecule has 0 saturated carbocycles. The zero-order valence-electron chi connectivity index (χ0n) is 57.9. The Hall–Kier alpha value is -3.27. The molecule has 0 aromatic heterocycles. The van der Waals surface area contributed by atoms with Gasteiger partial charge in [0.1, 0.15) is 13.2 Å². The Kier molecular flexibility index (Phi) is 66.1. The van der Waals surface area contributed by atoms with E-state index in [1.165, 1.54) is 250 Å². The highest BCUT2D eigenvalue weighted by atomic mass is 16.7. The summed E-state index contributed by atoms with van der Waals surface area (Å²) in [5.74, 6) is -1.99. The first-order valence-electron chi connectivity index (χ1n) is 37.1. The van der Waals surface area contributed by atoms with Gasteiger partial charge in [-0.2, -0.15) is 0 Å². The normalized spacial score (nSPS) is 13.1. The van der Waals surface area contributed by atoms with E-state index in [2.05, 4.69) is 86.8 Å². The maximum absolute atomic E-state index is 13.0. The van der Waals surface area contributed by atoms with Crippen LogP contribution in [-0.4, -0.2) is 87.4 Å². The Morgan fingerprint density at radius 2 is 0.655 bits per heavy atom. The Labute approximate surface area is 538 Å². The molecule has 0 saturated heterocycles. The van der Waals surface area contributed by atoms with Gasteiger partial charge in [0.2, 0.25) is 0 Å². The van der Waals surface area contributed by atoms with E-state index in [4.69, 9.17) is 18.9 Å². The van der Waals surface area contributed by atoms with Gasteiger partial charge in [-0.3, -0.25) is 9.59 Å². The topological polar surface area (TPSA) is 108 Å². The fourth-order valence-electron chi connectivity index (χ4n) is 10.8. The molecule has 0 radical (unpaired) electrons. The van der Waals surface area contributed by atoms with Crippen LogP contribution in [0.1, 0.15) is 348 Å². The summed E-state index contributed by atoms with van der Waals surface area (Å²) in [6, 6.07) is 0. The Bertz CT molecular complexity index is 1660. The van der Waals surface area contributed by atoms with Crippen LogP contribution in [-0.2, 0) is 33.3 Å². The van der Waals surface area contributed by atoms with Gasteiger partial charge in [0.05, 0.1) is 34.4 Å². The predicted molar refractivity (Wildman–Crippen MR) is 373 cm³/mol. The Morgan fingerprint density at radius 3 is 0.977 bits per heavy atom. The molecule has 9 heteroatoms. The smallest absolute Gasteiger partial charge is 0.361 e. The van der Waals surface area contributed by atoms with Gasteiger partial charge < -0.3 is 28.5 Å². The molecule has 2 unspecified atom stereocenters. The standard InChI is InChI=1S/C78H141NO8/c1-6-8-10-12-14-16-18-20-22-24-26-28-30-32-34-35-36-37-38-39-40-41-43-44-46-48-50-52-54-56-58-60-62-64-66-68-75(80)85-72-74(73-86-78(77(82)83)84-71-70-79(3,4)5)87-76(81)69-67-65-63-61-59-57-55-53-51-49-47-45-42-33-31-29-27-25-23-21-19-17-15-13-11-9-7-2/h9,11,15,17-18,20-21,23-24,26-27,29,74,78H,6-8,10,12-14,16,19,22,25,28,30-73H2,1-5H3/p+1/b11-9-,17-15-,20-18-,23-21-,26-24-,29-27-. The number of aliphatic carboxylic acids is 1. The van der Waals surface area contributed by atoms with Gasteiger partial charge in [-0.25, -0.2) is 4.79 Å². The van der Waals surface area contributed by atoms with E-state index >= 15 is 0 Å². The van der Waals surface area contributed by atoms with E-state index < -0.39 is 24.3 Å². The van der Waals surface area contributed by atoms with E-state index in [9.17, 15) is 19.5 Å². The second kappa shape index (κ2) is 68.6. The van der Waals surface area contributed by atoms with Crippen molar-refractivity contribution < 1.29 is 42.9 Å². The largest absolute Gasteiger partial charge is 0.477 e. The number of rotatable bonds is 69. The summed E-state index contributed by atoms with van der Waals surface area (Å²) < 4.78 is 23.0. The lowest BCUT2D eigenvalue weighted by Gasteiger charge is -2.25. The molecule has 0 aromatic carbocycles. The first-order valence-corrected chi connectivity index (χ1v) is 37.1. The number of hydrogen-bond donors (Lipinski definition) is 1. The number of allylic oxidation sites excluding steroid dienone is 12. The molecule has 0 aliphatic heterocycles. The molecule has 0 aliphatic rings. The van der Waals surface area contributed by atoms with Crippen LogP contribution in [0.4, 0.5) is 0 Å². The van der Waals surface area contributed by atoms with Gasteiger partial charge in [-0.05, 0) is 83.5 Å². The van der Waals surface area contributed by atoms with Crippen molar-refractivity contribution in [1.29, 1.82) is 0 Å². The number of unbranched alkanes of at least 4 members (excludes halogenated alkanes) is 42. The van der Waals surface area contributed by atoms with Gasteiger partial charge >= 0.3 is 17.9 Å². The van der Waals surface area contributed by atoms with Crippen LogP contribution in [0, 0.1) is 0 Å². The molecule has 0 spiro atoms. The maximum Gasteiger partial charge on any atom is 0.361 e. The van der Waals surface area contributed by atoms with E-state index in [-0.39, 0.29) is 32.2 Å². The van der Waals surface area contributed by atoms with Crippen LogP contribution >= 0.6 is 0 Å². The lowest BCUT2D eigenvalue weighted by Crippen LogP contribution is -2.40. The van der Waals surface area contributed by atoms with Crippen LogP contribution in [0.15, 0.2) is 72.9 Å². The molecule has 0 heterocycles. The average Bonchev–Trinajstić information content (AvgIpc) is 3.56. The zero-order chi connectivity index (χ0) is 63.3. The number of carbonyl (C=O) groups excluding carboxylic acids is 2. The number of nitrogens with zero attached hydrogens (tertiary/aromatic N) is 1. The van der Waals surface area contributed by atoms with Crippen LogP contribution < -0.4 is 0 Å². The second-order valence-electron chi connectivity index (χ2n) is 26.2. The van der Waals surface area contributed by atoms with Crippen molar-refractivity contribution in [3.8, 4) is 0 Å². The molecule has 506 valence electrons. The average molecular weight is 1220 g/mol. The van der Waals surface area contributed by atoms with Gasteiger partial charge in [0.25, 0.3) is 6.29 Å². The van der Waals surface area contributed by atoms with Crippen molar-refractivity contribution in [3.63, 3.8) is 0 Å². The van der Waals surface area contributed by atoms with E-state index in [1.54, 1.807) is 0 Å². The van der Waals surface area contributed by atoms with Crippen LogP contribution in [0.3, 0.4) is 0 Å². The molecule has 0 bridgehead atoms. The minimum absolute atomic E-state index is 0.180. The third-order valence-corrected chi connectivity index (χ3v) is 16.4. The SMILES string of the molecule is CC/C=C\C/C=C\C/C=C\C/C=C\CCCCCCCCCCCCCCCCC(=O)OC(COC(=O)CCCCCCCCCCCCCCCCCCCCCCCCC/C=C\C/C=C\CCCCCCC)COC(OCC[N+](C)(C)C)C(=O)O. The fraction of sp³-hybridized carbons (Fsp3) is 0.808. The lowest BCUT2D eigenvalue weighted by atomic mass is 10.0. The number of hydrogen-bond acceptors (Lipinski definition) is 7. The molecule has 0 amide bonds. The minimum atomic E-state index is -1.51. The fourth-order valence-corrected chi connectivity index (χ4v) is 10.8. The highest BCUT2D eigenvalue weighted by molar-refractivity contribution is 5.71. The lowest BCUT2D eigenvalue weighted by molar-refractivity contribution is -0.870. The predicted octanol–water partition coefficient (Wildman–Crippen LogP) is 23.3. The van der Waals surface area contributed by atoms with Crippen molar-refractivity contribution in [2.75, 3.05) is 47.5 Å². The molecule has 1 N–H and O–H groups in total. The van der Waals surface area contributed by atoms with Crippen molar-refractivity contribution in [2.24, 2.45) is 0 Å². The number of carboxylic acid groups (broad SMARTS) is 1. The Morgan fingerprint density at radius 1 is 0.356 bits per heavy atom. The highest BCUT2D eigenvalue weighted by Gasteiger charge is 2.25. The summed E-state index contributed by atoms with van der Waals surface area (Å²) in [5.41, 5.74) is 0. The number of carboxylic acids is 1. The number of carbonyl (C=O) groups is 3. The van der Waals surface area contributed by atoms with Crippen molar-refractivity contribution in [1.82, 2.24) is 0 Å². The van der Waals surface area contributed by atoms with E-state index in [0.29, 0.717) is 17.4 Å². The quantitative estimate of drug-likeness (QED) is 0.0211. The number of likely N-dealkylation sites (N-methyl/N-ethyl adjacent to an activating group) is 1. The van der Waals surface area contributed by atoms with Crippen molar-refractivity contribution in [3.05, 3.63) is 72.9 Å². The molecular weight excluding hydrogens is 1080 g/mol. The zero-order valence-corrected chi connectivity index (χ0v) is 57.9. The molecule has 0 rings (SSSR count). The maximum atomic E-state index is 13.0. The summed E-state index contributed by atoms with van der Waals surface area (Å²) in [5, 5.41) is 9.76. The highest BCUT2D eigenvalue weighted by Crippen LogP contribution is 2.19. The van der Waals surface area contributed by atoms with Crippen molar-refractivity contribution in [2.45, 2.75) is 360 Å². The first kappa shape index (κ1) is 83.7. The summed E-state index contributed by atoms with van der Waals surface area (Å²) in [4.78, 5) is 37.7. The van der Waals surface area contributed by atoms with E-state index in [0.717, 1.165) is 70.6 Å². The van der Waals surface area contributed by atoms with Gasteiger partial charge in [-0.15, -0.1) is 0 Å². The monoisotopic (exact) mass is 1220 g/mol. The minimum Gasteiger partial charge on any atom is -0.477 e. The molecular formula is C78H142NO8+. The Balaban J connectivity index is 4.02. The molecule has 0 fully saturated rings. The van der Waals surface area contributed by atoms with Crippen LogP contribution in [0.5, 0.6) is 0 Å². The summed E-state index contributed by atoms with van der Waals surface area (Å²) in [6.45, 7) is 4.80. The summed E-state index contributed by atoms with van der Waals surface area (Å²) in [7, 11) is 5.99. The molecule has 87 heavy (non-hydrogen) atoms. The van der Waals surface area contributed by atoms with Crippen LogP contribution in [0.2, 0.25) is 0 Å². The summed E-state index contributed by atoms with van der Waals surface area (Å²) >= 11 is 0. The van der Waals surface area contributed by atoms with Crippen molar-refractivity contribution >= 4 is 17.9 Å². The third kappa shape index (κ3) is 70.1. The van der Waals surface area contributed by atoms with Gasteiger partial charge in [0.15, 0.2) is 6.10 Å². The first-order chi connectivity index (χ1) is 42.6. The van der Waals surface area contributed by atoms with Crippen LogP contribution in [0.25, 0.3) is 0 Å². The number of quaternary nitrogens is 1. The molecule has 0 aromatic rings. The number of esters is 2. The second-order valence-corrected chi connectivity index (χ2v) is 26.2. The summed E-state index contributed by atoms with van der Waals surface area (Å²) in [6.07, 6.45) is 88.9. The molecule has 9 nitrogen and oxygen atoms in total. The van der Waals surface area contributed by atoms with Gasteiger partial charge in [-0.1, -0.05) is 324 Å². The third-order valence-electron chi connectivity index (χ3n) is 16.4.